The van der Waals surface area contributed by atoms with Gasteiger partial charge in [-0.1, -0.05) is 24.3 Å². The number of carbonyl (C=O) groups is 2. The largest absolute Gasteiger partial charge is 0.497 e. The molecule has 2 N–H and O–H groups in total. The minimum absolute atomic E-state index is 0.217. The molecule has 8 heteroatoms. The maximum absolute atomic E-state index is 11.6. The fourth-order valence-corrected chi connectivity index (χ4v) is 2.68. The van der Waals surface area contributed by atoms with Crippen LogP contribution in [-0.2, 0) is 0 Å². The van der Waals surface area contributed by atoms with Gasteiger partial charge in [-0.25, -0.2) is 19.6 Å². The second-order valence-electron chi connectivity index (χ2n) is 5.69. The minimum Gasteiger partial charge on any atom is -0.497 e. The van der Waals surface area contributed by atoms with Gasteiger partial charge in [-0.05, 0) is 24.3 Å². The normalized spacial score (nSPS) is 10.4. The van der Waals surface area contributed by atoms with E-state index in [1.807, 2.05) is 0 Å². The zero-order valence-electron chi connectivity index (χ0n) is 15.0. The van der Waals surface area contributed by atoms with Crippen LogP contribution in [0.5, 0.6) is 11.5 Å². The Bertz CT molecular complexity index is 980. The predicted molar refractivity (Wildman–Crippen MR) is 99.9 cm³/mol. The van der Waals surface area contributed by atoms with Crippen LogP contribution in [0, 0.1) is 0 Å². The zero-order chi connectivity index (χ0) is 20.3. The number of aromatic nitrogens is 2. The molecule has 0 fully saturated rings. The Kier molecular flexibility index (Phi) is 5.21. The van der Waals surface area contributed by atoms with Gasteiger partial charge in [0.05, 0.1) is 25.6 Å². The van der Waals surface area contributed by atoms with Crippen molar-refractivity contribution in [2.45, 2.75) is 0 Å². The Hall–Kier alpha value is -3.94. The Labute approximate surface area is 160 Å². The van der Waals surface area contributed by atoms with Crippen LogP contribution >= 0.6 is 0 Å². The number of carboxylic acids is 2. The first-order valence-corrected chi connectivity index (χ1v) is 8.12. The van der Waals surface area contributed by atoms with Crippen LogP contribution in [0.1, 0.15) is 21.0 Å². The lowest BCUT2D eigenvalue weighted by molar-refractivity contribution is 0.0641. The lowest BCUT2D eigenvalue weighted by atomic mass is 10.0. The zero-order valence-corrected chi connectivity index (χ0v) is 15.0. The monoisotopic (exact) mass is 380 g/mol. The molecule has 0 bridgehead atoms. The average molecular weight is 380 g/mol. The molecule has 0 aliphatic rings. The number of hydrogen-bond donors (Lipinski definition) is 2. The Balaban J connectivity index is 2.35. The summed E-state index contributed by atoms with van der Waals surface area (Å²) in [5.41, 5.74) is 0.214. The molecule has 3 rings (SSSR count). The molecule has 0 amide bonds. The van der Waals surface area contributed by atoms with Gasteiger partial charge in [0.2, 0.25) is 0 Å². The number of hydrogen-bond acceptors (Lipinski definition) is 6. The van der Waals surface area contributed by atoms with Gasteiger partial charge >= 0.3 is 11.9 Å². The van der Waals surface area contributed by atoms with Gasteiger partial charge in [-0.2, -0.15) is 0 Å². The highest BCUT2D eigenvalue weighted by Gasteiger charge is 2.25. The lowest BCUT2D eigenvalue weighted by Gasteiger charge is -2.13. The van der Waals surface area contributed by atoms with E-state index in [1.54, 1.807) is 48.5 Å². The highest BCUT2D eigenvalue weighted by atomic mass is 16.5. The number of nitrogens with zero attached hydrogens (tertiary/aromatic N) is 2. The van der Waals surface area contributed by atoms with Crippen molar-refractivity contribution in [2.75, 3.05) is 14.2 Å². The van der Waals surface area contributed by atoms with Crippen molar-refractivity contribution >= 4 is 11.9 Å². The number of ether oxygens (including phenoxy) is 2. The number of methoxy groups -OCH3 is 2. The summed E-state index contributed by atoms with van der Waals surface area (Å²) >= 11 is 0. The van der Waals surface area contributed by atoms with Crippen molar-refractivity contribution in [3.05, 3.63) is 59.9 Å². The van der Waals surface area contributed by atoms with Gasteiger partial charge in [0.1, 0.15) is 11.5 Å². The molecule has 8 nitrogen and oxygen atoms in total. The van der Waals surface area contributed by atoms with E-state index in [1.165, 1.54) is 14.2 Å². The van der Waals surface area contributed by atoms with Crippen molar-refractivity contribution in [3.8, 4) is 34.0 Å². The van der Waals surface area contributed by atoms with Crippen LogP contribution in [0.4, 0.5) is 0 Å². The smallest absolute Gasteiger partial charge is 0.357 e. The summed E-state index contributed by atoms with van der Waals surface area (Å²) in [5, 5.41) is 18.8. The van der Waals surface area contributed by atoms with Crippen LogP contribution in [-0.4, -0.2) is 46.3 Å². The van der Waals surface area contributed by atoms with Crippen molar-refractivity contribution in [3.63, 3.8) is 0 Å². The third kappa shape index (κ3) is 3.61. The van der Waals surface area contributed by atoms with Gasteiger partial charge in [0, 0.05) is 11.1 Å². The van der Waals surface area contributed by atoms with Gasteiger partial charge in [0.15, 0.2) is 11.4 Å². The quantitative estimate of drug-likeness (QED) is 0.669. The Morgan fingerprint density at radius 1 is 0.750 bits per heavy atom. The van der Waals surface area contributed by atoms with E-state index in [-0.39, 0.29) is 11.4 Å². The van der Waals surface area contributed by atoms with Gasteiger partial charge in [-0.15, -0.1) is 0 Å². The van der Waals surface area contributed by atoms with E-state index in [2.05, 4.69) is 9.97 Å². The molecule has 0 saturated heterocycles. The molecule has 28 heavy (non-hydrogen) atoms. The first-order valence-electron chi connectivity index (χ1n) is 8.12. The maximum Gasteiger partial charge on any atom is 0.357 e. The van der Waals surface area contributed by atoms with Crippen molar-refractivity contribution in [2.24, 2.45) is 0 Å². The summed E-state index contributed by atoms with van der Waals surface area (Å²) < 4.78 is 10.4. The van der Waals surface area contributed by atoms with E-state index in [9.17, 15) is 19.8 Å². The SMILES string of the molecule is COc1cccc(-c2nc(C(=O)O)c(C(=O)O)nc2-c2cccc(OC)c2)c1. The Morgan fingerprint density at radius 2 is 1.14 bits per heavy atom. The highest BCUT2D eigenvalue weighted by Crippen LogP contribution is 2.33. The first kappa shape index (κ1) is 18.8. The van der Waals surface area contributed by atoms with Crippen LogP contribution in [0.3, 0.4) is 0 Å². The maximum atomic E-state index is 11.6. The molecule has 2 aromatic carbocycles. The fraction of sp³-hybridized carbons (Fsp3) is 0.100. The van der Waals surface area contributed by atoms with E-state index in [0.717, 1.165) is 0 Å². The number of rotatable bonds is 6. The molecule has 1 heterocycles. The molecule has 0 radical (unpaired) electrons. The van der Waals surface area contributed by atoms with E-state index >= 15 is 0 Å². The highest BCUT2D eigenvalue weighted by molar-refractivity contribution is 6.00. The van der Waals surface area contributed by atoms with Gasteiger partial charge in [-0.3, -0.25) is 0 Å². The summed E-state index contributed by atoms with van der Waals surface area (Å²) in [6.45, 7) is 0. The minimum atomic E-state index is -1.48. The molecule has 0 atom stereocenters. The van der Waals surface area contributed by atoms with Crippen molar-refractivity contribution in [1.82, 2.24) is 9.97 Å². The molecule has 3 aromatic rings. The average Bonchev–Trinajstić information content (AvgIpc) is 2.72. The summed E-state index contributed by atoms with van der Waals surface area (Å²) in [5.74, 6) is -1.89. The molecule has 0 unspecified atom stereocenters. The van der Waals surface area contributed by atoms with Crippen molar-refractivity contribution in [1.29, 1.82) is 0 Å². The topological polar surface area (TPSA) is 119 Å². The van der Waals surface area contributed by atoms with E-state index < -0.39 is 23.3 Å². The van der Waals surface area contributed by atoms with Gasteiger partial charge in [0.25, 0.3) is 0 Å². The van der Waals surface area contributed by atoms with Crippen molar-refractivity contribution < 1.29 is 29.3 Å². The third-order valence-electron chi connectivity index (χ3n) is 3.99. The third-order valence-corrected chi connectivity index (χ3v) is 3.99. The molecular weight excluding hydrogens is 364 g/mol. The fourth-order valence-electron chi connectivity index (χ4n) is 2.68. The molecular formula is C20H16N2O6. The summed E-state index contributed by atoms with van der Waals surface area (Å²) in [6.07, 6.45) is 0. The summed E-state index contributed by atoms with van der Waals surface area (Å²) in [7, 11) is 3.01. The first-order chi connectivity index (χ1) is 13.4. The van der Waals surface area contributed by atoms with E-state index in [4.69, 9.17) is 9.47 Å². The molecule has 0 spiro atoms. The summed E-state index contributed by atoms with van der Waals surface area (Å²) in [6, 6.07) is 13.6. The molecule has 1 aromatic heterocycles. The standard InChI is InChI=1S/C20H16N2O6/c1-27-13-7-3-5-11(9-13)15-16(12-6-4-8-14(10-12)28-2)22-18(20(25)26)17(21-15)19(23)24/h3-10H,1-2H3,(H,23,24)(H,25,26). The Morgan fingerprint density at radius 3 is 1.46 bits per heavy atom. The molecule has 142 valence electrons. The second kappa shape index (κ2) is 7.75. The van der Waals surface area contributed by atoms with Crippen LogP contribution in [0.25, 0.3) is 22.5 Å². The summed E-state index contributed by atoms with van der Waals surface area (Å²) in [4.78, 5) is 31.4. The van der Waals surface area contributed by atoms with Crippen LogP contribution in [0.2, 0.25) is 0 Å². The lowest BCUT2D eigenvalue weighted by Crippen LogP contribution is -2.15. The number of benzene rings is 2. The number of carboxylic acid groups (broad SMARTS) is 2. The molecule has 0 saturated carbocycles. The van der Waals surface area contributed by atoms with Crippen LogP contribution < -0.4 is 9.47 Å². The molecule has 0 aliphatic carbocycles. The second-order valence-corrected chi connectivity index (χ2v) is 5.69. The van der Waals surface area contributed by atoms with Crippen LogP contribution in [0.15, 0.2) is 48.5 Å². The number of aromatic carboxylic acids is 2. The van der Waals surface area contributed by atoms with Gasteiger partial charge < -0.3 is 19.7 Å². The predicted octanol–water partition coefficient (Wildman–Crippen LogP) is 3.22. The van der Waals surface area contributed by atoms with E-state index in [0.29, 0.717) is 22.6 Å². The molecule has 0 aliphatic heterocycles.